The SMILES string of the molecule is CCCC(CC)OC(=O)c1cc(CC)c(CC)cc1C(=O)OC(CC)CCC. The van der Waals surface area contributed by atoms with Gasteiger partial charge in [0.2, 0.25) is 0 Å². The summed E-state index contributed by atoms with van der Waals surface area (Å²) in [6, 6.07) is 3.66. The monoisotopic (exact) mass is 390 g/mol. The summed E-state index contributed by atoms with van der Waals surface area (Å²) < 4.78 is 11.4. The van der Waals surface area contributed by atoms with Gasteiger partial charge in [-0.2, -0.15) is 0 Å². The lowest BCUT2D eigenvalue weighted by Gasteiger charge is -2.20. The van der Waals surface area contributed by atoms with Crippen molar-refractivity contribution in [3.63, 3.8) is 0 Å². The topological polar surface area (TPSA) is 52.6 Å². The lowest BCUT2D eigenvalue weighted by atomic mass is 9.95. The highest BCUT2D eigenvalue weighted by atomic mass is 16.5. The number of hydrogen-bond acceptors (Lipinski definition) is 4. The molecule has 0 aromatic heterocycles. The molecule has 4 nitrogen and oxygen atoms in total. The molecule has 0 bridgehead atoms. The number of carbonyl (C=O) groups excluding carboxylic acids is 2. The maximum atomic E-state index is 12.9. The van der Waals surface area contributed by atoms with Crippen molar-refractivity contribution in [3.05, 3.63) is 34.4 Å². The van der Waals surface area contributed by atoms with E-state index >= 15 is 0 Å². The molecule has 0 radical (unpaired) electrons. The van der Waals surface area contributed by atoms with E-state index in [0.717, 1.165) is 62.5 Å². The fraction of sp³-hybridized carbons (Fsp3) is 0.667. The van der Waals surface area contributed by atoms with Gasteiger partial charge in [0.1, 0.15) is 12.2 Å². The van der Waals surface area contributed by atoms with Crippen molar-refractivity contribution in [1.82, 2.24) is 0 Å². The smallest absolute Gasteiger partial charge is 0.339 e. The summed E-state index contributed by atoms with van der Waals surface area (Å²) in [5.41, 5.74) is 2.82. The highest BCUT2D eigenvalue weighted by molar-refractivity contribution is 6.03. The second-order valence-electron chi connectivity index (χ2n) is 7.32. The summed E-state index contributed by atoms with van der Waals surface area (Å²) in [5.74, 6) is -0.846. The molecule has 158 valence electrons. The number of benzene rings is 1. The van der Waals surface area contributed by atoms with Gasteiger partial charge in [0.05, 0.1) is 11.1 Å². The average Bonchev–Trinajstić information content (AvgIpc) is 2.71. The zero-order valence-electron chi connectivity index (χ0n) is 18.6. The summed E-state index contributed by atoms with van der Waals surface area (Å²) in [4.78, 5) is 25.9. The van der Waals surface area contributed by atoms with Crippen LogP contribution in [0.5, 0.6) is 0 Å². The third-order valence-corrected chi connectivity index (χ3v) is 5.22. The lowest BCUT2D eigenvalue weighted by Crippen LogP contribution is -2.23. The fourth-order valence-corrected chi connectivity index (χ4v) is 3.45. The van der Waals surface area contributed by atoms with E-state index in [0.29, 0.717) is 11.1 Å². The van der Waals surface area contributed by atoms with E-state index < -0.39 is 11.9 Å². The maximum Gasteiger partial charge on any atom is 0.339 e. The van der Waals surface area contributed by atoms with Crippen LogP contribution in [0.2, 0.25) is 0 Å². The summed E-state index contributed by atoms with van der Waals surface area (Å²) in [6.07, 6.45) is 6.44. The van der Waals surface area contributed by atoms with Crippen LogP contribution in [-0.4, -0.2) is 24.1 Å². The highest BCUT2D eigenvalue weighted by Crippen LogP contribution is 2.23. The molecular formula is C24H38O4. The van der Waals surface area contributed by atoms with Crippen LogP contribution in [0.4, 0.5) is 0 Å². The predicted octanol–water partition coefficient (Wildman–Crippen LogP) is 6.28. The molecule has 0 aliphatic heterocycles. The molecule has 2 unspecified atom stereocenters. The predicted molar refractivity (Wildman–Crippen MR) is 114 cm³/mol. The molecule has 0 saturated heterocycles. The van der Waals surface area contributed by atoms with Crippen molar-refractivity contribution in [1.29, 1.82) is 0 Å². The Labute approximate surface area is 171 Å². The Balaban J connectivity index is 3.28. The molecule has 0 aliphatic carbocycles. The molecule has 0 heterocycles. The van der Waals surface area contributed by atoms with Gasteiger partial charge in [0, 0.05) is 0 Å². The van der Waals surface area contributed by atoms with E-state index in [4.69, 9.17) is 9.47 Å². The first-order valence-electron chi connectivity index (χ1n) is 11.0. The third-order valence-electron chi connectivity index (χ3n) is 5.22. The van der Waals surface area contributed by atoms with E-state index in [1.807, 2.05) is 26.0 Å². The number of ether oxygens (including phenoxy) is 2. The molecule has 4 heteroatoms. The van der Waals surface area contributed by atoms with Gasteiger partial charge in [-0.15, -0.1) is 0 Å². The first-order valence-corrected chi connectivity index (χ1v) is 11.0. The number of hydrogen-bond donors (Lipinski definition) is 0. The van der Waals surface area contributed by atoms with Gasteiger partial charge in [-0.1, -0.05) is 54.4 Å². The van der Waals surface area contributed by atoms with Crippen molar-refractivity contribution in [2.45, 2.75) is 105 Å². The molecule has 0 fully saturated rings. The largest absolute Gasteiger partial charge is 0.459 e. The van der Waals surface area contributed by atoms with Gasteiger partial charge in [-0.3, -0.25) is 0 Å². The average molecular weight is 391 g/mol. The Bertz CT molecular complexity index is 581. The minimum Gasteiger partial charge on any atom is -0.459 e. The van der Waals surface area contributed by atoms with Gasteiger partial charge >= 0.3 is 11.9 Å². The first kappa shape index (κ1) is 24.2. The van der Waals surface area contributed by atoms with Crippen molar-refractivity contribution >= 4 is 11.9 Å². The fourth-order valence-electron chi connectivity index (χ4n) is 3.45. The Kier molecular flexibility index (Phi) is 10.9. The summed E-state index contributed by atoms with van der Waals surface area (Å²) >= 11 is 0. The molecule has 1 rings (SSSR count). The van der Waals surface area contributed by atoms with Gasteiger partial charge < -0.3 is 9.47 Å². The Morgan fingerprint density at radius 2 is 1.07 bits per heavy atom. The van der Waals surface area contributed by atoms with Crippen molar-refractivity contribution < 1.29 is 19.1 Å². The molecule has 0 saturated carbocycles. The Morgan fingerprint density at radius 3 is 1.32 bits per heavy atom. The normalized spacial score (nSPS) is 13.1. The molecule has 1 aromatic rings. The summed E-state index contributed by atoms with van der Waals surface area (Å²) in [6.45, 7) is 12.3. The lowest BCUT2D eigenvalue weighted by molar-refractivity contribution is 0.0223. The van der Waals surface area contributed by atoms with Crippen molar-refractivity contribution in [2.24, 2.45) is 0 Å². The highest BCUT2D eigenvalue weighted by Gasteiger charge is 2.25. The minimum absolute atomic E-state index is 0.124. The van der Waals surface area contributed by atoms with Crippen LogP contribution in [0.1, 0.15) is 112 Å². The Morgan fingerprint density at radius 1 is 0.714 bits per heavy atom. The van der Waals surface area contributed by atoms with Crippen LogP contribution in [0.15, 0.2) is 12.1 Å². The van der Waals surface area contributed by atoms with Crippen LogP contribution < -0.4 is 0 Å². The van der Waals surface area contributed by atoms with E-state index in [1.54, 1.807) is 0 Å². The van der Waals surface area contributed by atoms with Crippen molar-refractivity contribution in [2.75, 3.05) is 0 Å². The van der Waals surface area contributed by atoms with Gasteiger partial charge in [-0.05, 0) is 61.8 Å². The molecule has 2 atom stereocenters. The van der Waals surface area contributed by atoms with Gasteiger partial charge in [0.15, 0.2) is 0 Å². The third kappa shape index (κ3) is 6.65. The molecule has 1 aromatic carbocycles. The van der Waals surface area contributed by atoms with Crippen LogP contribution in [0.25, 0.3) is 0 Å². The van der Waals surface area contributed by atoms with Gasteiger partial charge in [-0.25, -0.2) is 9.59 Å². The number of esters is 2. The van der Waals surface area contributed by atoms with E-state index in [1.165, 1.54) is 0 Å². The van der Waals surface area contributed by atoms with Crippen LogP contribution in [-0.2, 0) is 22.3 Å². The van der Waals surface area contributed by atoms with Crippen LogP contribution >= 0.6 is 0 Å². The molecule has 28 heavy (non-hydrogen) atoms. The zero-order valence-corrected chi connectivity index (χ0v) is 18.6. The Hall–Kier alpha value is -1.84. The van der Waals surface area contributed by atoms with E-state index in [2.05, 4.69) is 27.7 Å². The second-order valence-corrected chi connectivity index (χ2v) is 7.32. The van der Waals surface area contributed by atoms with E-state index in [9.17, 15) is 9.59 Å². The van der Waals surface area contributed by atoms with Gasteiger partial charge in [0.25, 0.3) is 0 Å². The number of aryl methyl sites for hydroxylation is 2. The van der Waals surface area contributed by atoms with E-state index in [-0.39, 0.29) is 12.2 Å². The quantitative estimate of drug-likeness (QED) is 0.394. The minimum atomic E-state index is -0.423. The van der Waals surface area contributed by atoms with Crippen LogP contribution in [0.3, 0.4) is 0 Å². The molecule has 0 spiro atoms. The number of rotatable bonds is 12. The maximum absolute atomic E-state index is 12.9. The summed E-state index contributed by atoms with van der Waals surface area (Å²) in [5, 5.41) is 0. The second kappa shape index (κ2) is 12.6. The first-order chi connectivity index (χ1) is 13.4. The summed E-state index contributed by atoms with van der Waals surface area (Å²) in [7, 11) is 0. The zero-order chi connectivity index (χ0) is 21.1. The van der Waals surface area contributed by atoms with Crippen LogP contribution in [0, 0.1) is 0 Å². The number of carbonyl (C=O) groups is 2. The molecule has 0 amide bonds. The molecule has 0 N–H and O–H groups in total. The van der Waals surface area contributed by atoms with Crippen molar-refractivity contribution in [3.8, 4) is 0 Å². The molecule has 0 aliphatic rings. The standard InChI is InChI=1S/C24H38O4/c1-7-13-19(11-5)27-23(25)21-15-17(9-3)18(10-4)16-22(21)24(26)28-20(12-6)14-8-2/h15-16,19-20H,7-14H2,1-6H3. The molecular weight excluding hydrogens is 352 g/mol.